The van der Waals surface area contributed by atoms with Crippen molar-refractivity contribution in [1.82, 2.24) is 4.90 Å². The number of aryl methyl sites for hydroxylation is 1. The average molecular weight is 246 g/mol. The Bertz CT molecular complexity index is 482. The predicted molar refractivity (Wildman–Crippen MR) is 70.3 cm³/mol. The third kappa shape index (κ3) is 2.37. The fraction of sp³-hybridized carbons (Fsp3) is 0.429. The van der Waals surface area contributed by atoms with Gasteiger partial charge in [0.25, 0.3) is 0 Å². The molecule has 1 aliphatic rings. The maximum atomic E-state index is 12.0. The second-order valence-corrected chi connectivity index (χ2v) is 4.98. The van der Waals surface area contributed by atoms with E-state index in [-0.39, 0.29) is 17.7 Å². The van der Waals surface area contributed by atoms with E-state index in [2.05, 4.69) is 0 Å². The van der Waals surface area contributed by atoms with Crippen LogP contribution in [0.2, 0.25) is 0 Å². The zero-order valence-corrected chi connectivity index (χ0v) is 11.0. The summed E-state index contributed by atoms with van der Waals surface area (Å²) in [5.41, 5.74) is 2.00. The number of hydrogen-bond acceptors (Lipinski definition) is 2. The molecule has 96 valence electrons. The fourth-order valence-electron chi connectivity index (χ4n) is 2.28. The Balaban J connectivity index is 2.17. The molecule has 0 saturated carbocycles. The van der Waals surface area contributed by atoms with Crippen LogP contribution in [-0.2, 0) is 9.59 Å². The lowest BCUT2D eigenvalue weighted by Gasteiger charge is -2.18. The first-order valence-corrected chi connectivity index (χ1v) is 6.07. The van der Waals surface area contributed by atoms with Crippen molar-refractivity contribution < 1.29 is 9.59 Å². The topological polar surface area (TPSA) is 40.6 Å². The molecule has 0 bridgehead atoms. The summed E-state index contributed by atoms with van der Waals surface area (Å²) in [6.45, 7) is 2.48. The highest BCUT2D eigenvalue weighted by Gasteiger charge is 2.35. The Hall–Kier alpha value is -1.84. The van der Waals surface area contributed by atoms with Crippen LogP contribution in [0.4, 0.5) is 5.69 Å². The van der Waals surface area contributed by atoms with Crippen molar-refractivity contribution in [3.63, 3.8) is 0 Å². The average Bonchev–Trinajstić information content (AvgIpc) is 2.70. The number of anilines is 1. The molecule has 0 spiro atoms. The molecule has 18 heavy (non-hydrogen) atoms. The number of carbonyl (C=O) groups excluding carboxylic acids is 2. The molecular weight excluding hydrogens is 228 g/mol. The quantitative estimate of drug-likeness (QED) is 0.792. The highest BCUT2D eigenvalue weighted by molar-refractivity contribution is 6.00. The van der Waals surface area contributed by atoms with Crippen LogP contribution in [0.3, 0.4) is 0 Å². The summed E-state index contributed by atoms with van der Waals surface area (Å²) in [5, 5.41) is 0. The molecule has 2 amide bonds. The predicted octanol–water partition coefficient (Wildman–Crippen LogP) is 1.44. The van der Waals surface area contributed by atoms with Gasteiger partial charge in [0.05, 0.1) is 5.92 Å². The molecule has 0 radical (unpaired) electrons. The van der Waals surface area contributed by atoms with Gasteiger partial charge in [-0.25, -0.2) is 0 Å². The Morgan fingerprint density at radius 2 is 2.11 bits per heavy atom. The van der Waals surface area contributed by atoms with E-state index in [9.17, 15) is 9.59 Å². The van der Waals surface area contributed by atoms with Gasteiger partial charge in [-0.1, -0.05) is 12.1 Å². The molecule has 1 aliphatic heterocycles. The summed E-state index contributed by atoms with van der Waals surface area (Å²) in [6, 6.07) is 7.80. The maximum absolute atomic E-state index is 12.0. The van der Waals surface area contributed by atoms with Gasteiger partial charge in [0.2, 0.25) is 11.8 Å². The highest BCUT2D eigenvalue weighted by Crippen LogP contribution is 2.26. The molecule has 1 aromatic carbocycles. The molecule has 0 aliphatic carbocycles. The van der Waals surface area contributed by atoms with E-state index in [1.54, 1.807) is 23.9 Å². The van der Waals surface area contributed by atoms with Crippen molar-refractivity contribution >= 4 is 17.5 Å². The maximum Gasteiger partial charge on any atom is 0.227 e. The van der Waals surface area contributed by atoms with E-state index in [0.29, 0.717) is 13.0 Å². The van der Waals surface area contributed by atoms with Crippen molar-refractivity contribution in [2.45, 2.75) is 13.3 Å². The van der Waals surface area contributed by atoms with Crippen LogP contribution in [0, 0.1) is 12.8 Å². The lowest BCUT2D eigenvalue weighted by Crippen LogP contribution is -2.32. The van der Waals surface area contributed by atoms with Gasteiger partial charge >= 0.3 is 0 Å². The van der Waals surface area contributed by atoms with Crippen molar-refractivity contribution in [2.24, 2.45) is 5.92 Å². The van der Waals surface area contributed by atoms with E-state index < -0.39 is 0 Å². The Morgan fingerprint density at radius 3 is 2.72 bits per heavy atom. The monoisotopic (exact) mass is 246 g/mol. The molecular formula is C14H18N2O2. The van der Waals surface area contributed by atoms with Crippen molar-refractivity contribution in [1.29, 1.82) is 0 Å². The molecule has 1 fully saturated rings. The summed E-state index contributed by atoms with van der Waals surface area (Å²) < 4.78 is 0. The molecule has 2 rings (SSSR count). The lowest BCUT2D eigenvalue weighted by molar-refractivity contribution is -0.133. The molecule has 1 heterocycles. The second-order valence-electron chi connectivity index (χ2n) is 4.98. The summed E-state index contributed by atoms with van der Waals surface area (Å²) in [6.07, 6.45) is 0.310. The number of hydrogen-bond donors (Lipinski definition) is 0. The van der Waals surface area contributed by atoms with E-state index >= 15 is 0 Å². The molecule has 4 nitrogen and oxygen atoms in total. The minimum Gasteiger partial charge on any atom is -0.349 e. The van der Waals surface area contributed by atoms with Crippen LogP contribution in [0.1, 0.15) is 12.0 Å². The van der Waals surface area contributed by atoms with E-state index in [1.165, 1.54) is 0 Å². The summed E-state index contributed by atoms with van der Waals surface area (Å²) in [7, 11) is 3.45. The van der Waals surface area contributed by atoms with Gasteiger partial charge in [-0.2, -0.15) is 0 Å². The van der Waals surface area contributed by atoms with Crippen molar-refractivity contribution in [2.75, 3.05) is 25.5 Å². The lowest BCUT2D eigenvalue weighted by atomic mass is 10.1. The fourth-order valence-corrected chi connectivity index (χ4v) is 2.28. The van der Waals surface area contributed by atoms with Gasteiger partial charge in [0.15, 0.2) is 0 Å². The molecule has 0 aromatic heterocycles. The molecule has 1 saturated heterocycles. The summed E-state index contributed by atoms with van der Waals surface area (Å²) in [5.74, 6) is -0.160. The minimum absolute atomic E-state index is 0.0264. The highest BCUT2D eigenvalue weighted by atomic mass is 16.2. The van der Waals surface area contributed by atoms with Crippen LogP contribution in [0.25, 0.3) is 0 Å². The molecule has 0 unspecified atom stereocenters. The van der Waals surface area contributed by atoms with Crippen molar-refractivity contribution in [3.8, 4) is 0 Å². The third-order valence-electron chi connectivity index (χ3n) is 3.23. The zero-order chi connectivity index (χ0) is 13.3. The van der Waals surface area contributed by atoms with Gasteiger partial charge < -0.3 is 9.80 Å². The number of benzene rings is 1. The molecule has 1 atom stereocenters. The standard InChI is InChI=1S/C14H18N2O2/c1-10-5-4-6-12(7-10)16-9-11(8-13(16)17)14(18)15(2)3/h4-7,11H,8-9H2,1-3H3/t11-/m0/s1. The SMILES string of the molecule is Cc1cccc(N2C[C@@H](C(=O)N(C)C)CC2=O)c1. The normalized spacial score (nSPS) is 19.2. The van der Waals surface area contributed by atoms with Crippen LogP contribution < -0.4 is 4.90 Å². The van der Waals surface area contributed by atoms with Gasteiger partial charge in [0, 0.05) is 32.7 Å². The third-order valence-corrected chi connectivity index (χ3v) is 3.23. The first-order chi connectivity index (χ1) is 8.49. The number of amides is 2. The minimum atomic E-state index is -0.215. The summed E-state index contributed by atoms with van der Waals surface area (Å²) >= 11 is 0. The Kier molecular flexibility index (Phi) is 3.36. The number of rotatable bonds is 2. The van der Waals surface area contributed by atoms with Crippen LogP contribution in [0.15, 0.2) is 24.3 Å². The zero-order valence-electron chi connectivity index (χ0n) is 11.0. The summed E-state index contributed by atoms with van der Waals surface area (Å²) in [4.78, 5) is 27.1. The Labute approximate surface area is 107 Å². The Morgan fingerprint density at radius 1 is 1.39 bits per heavy atom. The van der Waals surface area contributed by atoms with Crippen LogP contribution in [0.5, 0.6) is 0 Å². The van der Waals surface area contributed by atoms with E-state index in [0.717, 1.165) is 11.3 Å². The van der Waals surface area contributed by atoms with E-state index in [1.807, 2.05) is 31.2 Å². The van der Waals surface area contributed by atoms with Crippen molar-refractivity contribution in [3.05, 3.63) is 29.8 Å². The van der Waals surface area contributed by atoms with Gasteiger partial charge in [-0.15, -0.1) is 0 Å². The van der Waals surface area contributed by atoms with Crippen LogP contribution >= 0.6 is 0 Å². The van der Waals surface area contributed by atoms with Gasteiger partial charge in [-0.3, -0.25) is 9.59 Å². The number of carbonyl (C=O) groups is 2. The molecule has 1 aromatic rings. The molecule has 4 heteroatoms. The van der Waals surface area contributed by atoms with Gasteiger partial charge in [-0.05, 0) is 24.6 Å². The van der Waals surface area contributed by atoms with Crippen LogP contribution in [-0.4, -0.2) is 37.4 Å². The van der Waals surface area contributed by atoms with Gasteiger partial charge in [0.1, 0.15) is 0 Å². The second kappa shape index (κ2) is 4.80. The first kappa shape index (κ1) is 12.6. The van der Waals surface area contributed by atoms with E-state index in [4.69, 9.17) is 0 Å². The number of nitrogens with zero attached hydrogens (tertiary/aromatic N) is 2. The largest absolute Gasteiger partial charge is 0.349 e. The molecule has 0 N–H and O–H groups in total. The first-order valence-electron chi connectivity index (χ1n) is 6.07. The smallest absolute Gasteiger partial charge is 0.227 e.